The van der Waals surface area contributed by atoms with E-state index >= 15 is 0 Å². The second kappa shape index (κ2) is 10.9. The lowest BCUT2D eigenvalue weighted by atomic mass is 9.84. The Morgan fingerprint density at radius 1 is 0.949 bits per heavy atom. The second-order valence-corrected chi connectivity index (χ2v) is 9.91. The molecule has 10 nitrogen and oxygen atoms in total. The van der Waals surface area contributed by atoms with Crippen LogP contribution in [-0.2, 0) is 27.3 Å². The number of amides is 2. The maximum absolute atomic E-state index is 12.8. The van der Waals surface area contributed by atoms with Crippen molar-refractivity contribution in [3.8, 4) is 17.2 Å². The van der Waals surface area contributed by atoms with Crippen molar-refractivity contribution >= 4 is 17.5 Å². The zero-order chi connectivity index (χ0) is 26.8. The summed E-state index contributed by atoms with van der Waals surface area (Å²) in [5.41, 5.74) is 3.39. The number of nitrogens with zero attached hydrogens (tertiary/aromatic N) is 1. The molecule has 1 aromatic heterocycles. The predicted octanol–water partition coefficient (Wildman–Crippen LogP) is 2.69. The summed E-state index contributed by atoms with van der Waals surface area (Å²) < 4.78 is 22.9. The smallest absolute Gasteiger partial charge is 0.231 e. The van der Waals surface area contributed by atoms with E-state index in [1.807, 2.05) is 42.5 Å². The lowest BCUT2D eigenvalue weighted by Crippen LogP contribution is -2.47. The lowest BCUT2D eigenvalue weighted by molar-refractivity contribution is -0.142. The summed E-state index contributed by atoms with van der Waals surface area (Å²) in [5, 5.41) is 15.9. The van der Waals surface area contributed by atoms with Crippen molar-refractivity contribution in [2.75, 3.05) is 18.7 Å². The average molecular weight is 532 g/mol. The molecule has 39 heavy (non-hydrogen) atoms. The highest BCUT2D eigenvalue weighted by Gasteiger charge is 2.46. The van der Waals surface area contributed by atoms with Crippen LogP contribution in [0, 0.1) is 0 Å². The Morgan fingerprint density at radius 2 is 1.77 bits per heavy atom. The van der Waals surface area contributed by atoms with E-state index in [1.54, 1.807) is 18.5 Å². The van der Waals surface area contributed by atoms with Gasteiger partial charge in [-0.25, -0.2) is 0 Å². The molecule has 10 heteroatoms. The Kier molecular flexibility index (Phi) is 7.04. The number of fused-ring (bicyclic) bond motifs is 4. The summed E-state index contributed by atoms with van der Waals surface area (Å²) in [6, 6.07) is 14.7. The summed E-state index contributed by atoms with van der Waals surface area (Å²) in [6.45, 7) is 0.330. The van der Waals surface area contributed by atoms with Crippen molar-refractivity contribution in [1.29, 1.82) is 0 Å². The Hall–Kier alpha value is -4.15. The zero-order valence-corrected chi connectivity index (χ0v) is 21.2. The normalized spacial score (nSPS) is 22.4. The second-order valence-electron chi connectivity index (χ2n) is 9.91. The molecule has 4 atom stereocenters. The fourth-order valence-electron chi connectivity index (χ4n) is 5.39. The third-order valence-corrected chi connectivity index (χ3v) is 7.24. The van der Waals surface area contributed by atoms with Gasteiger partial charge in [0.25, 0.3) is 0 Å². The number of aliphatic hydroxyl groups is 1. The number of aromatic nitrogens is 1. The first-order chi connectivity index (χ1) is 19.1. The van der Waals surface area contributed by atoms with Gasteiger partial charge in [0.1, 0.15) is 18.0 Å². The van der Waals surface area contributed by atoms with Crippen molar-refractivity contribution in [2.24, 2.45) is 0 Å². The maximum atomic E-state index is 12.8. The summed E-state index contributed by atoms with van der Waals surface area (Å²) in [4.78, 5) is 29.3. The molecule has 0 saturated carbocycles. The molecular formula is C29H29N3O7. The topological polar surface area (TPSA) is 128 Å². The molecule has 0 spiro atoms. The van der Waals surface area contributed by atoms with Gasteiger partial charge in [-0.15, -0.1) is 0 Å². The summed E-state index contributed by atoms with van der Waals surface area (Å²) in [5.74, 6) is 1.71. The Morgan fingerprint density at radius 3 is 2.62 bits per heavy atom. The van der Waals surface area contributed by atoms with Gasteiger partial charge in [0.15, 0.2) is 11.5 Å². The van der Waals surface area contributed by atoms with Crippen molar-refractivity contribution in [3.63, 3.8) is 0 Å². The number of hydrogen-bond acceptors (Lipinski definition) is 8. The van der Waals surface area contributed by atoms with Gasteiger partial charge in [0.2, 0.25) is 18.6 Å². The first kappa shape index (κ1) is 25.1. The van der Waals surface area contributed by atoms with Crippen LogP contribution in [0.1, 0.15) is 35.4 Å². The minimum atomic E-state index is -0.562. The molecular weight excluding hydrogens is 502 g/mol. The number of carbonyl (C=O) groups excluding carboxylic acids is 2. The van der Waals surface area contributed by atoms with Crippen molar-refractivity contribution in [3.05, 3.63) is 77.6 Å². The molecule has 3 N–H and O–H groups in total. The molecule has 3 aliphatic rings. The van der Waals surface area contributed by atoms with Gasteiger partial charge in [-0.05, 0) is 60.0 Å². The fraction of sp³-hybridized carbons (Fsp3) is 0.345. The highest BCUT2D eigenvalue weighted by molar-refractivity contribution is 5.92. The van der Waals surface area contributed by atoms with Crippen molar-refractivity contribution in [1.82, 2.24) is 10.3 Å². The average Bonchev–Trinajstić information content (AvgIpc) is 3.56. The van der Waals surface area contributed by atoms with Gasteiger partial charge in [-0.3, -0.25) is 14.6 Å². The van der Waals surface area contributed by atoms with Crippen LogP contribution in [0.3, 0.4) is 0 Å². The largest absolute Gasteiger partial charge is 0.487 e. The van der Waals surface area contributed by atoms with Gasteiger partial charge < -0.3 is 34.7 Å². The van der Waals surface area contributed by atoms with Crippen molar-refractivity contribution < 1.29 is 33.6 Å². The monoisotopic (exact) mass is 531 g/mol. The van der Waals surface area contributed by atoms with Crippen LogP contribution in [0.5, 0.6) is 17.2 Å². The number of anilines is 1. The number of carbonyl (C=O) groups is 2. The number of aliphatic hydroxyl groups excluding tert-OH is 1. The third kappa shape index (κ3) is 5.52. The van der Waals surface area contributed by atoms with E-state index in [0.29, 0.717) is 35.9 Å². The van der Waals surface area contributed by atoms with Crippen LogP contribution in [0.2, 0.25) is 0 Å². The molecule has 0 unspecified atom stereocenters. The SMILES string of the molecule is O=C(C[C@H]1C[C@H]2c3cc(NC(=O)Cc4ccncc4)ccc3O[C@H]2[C@H](CO)O1)NCc1ccc2c(c1)OCO2. The van der Waals surface area contributed by atoms with Gasteiger partial charge in [-0.1, -0.05) is 6.07 Å². The van der Waals surface area contributed by atoms with E-state index in [-0.39, 0.29) is 56.2 Å². The molecule has 3 aliphatic heterocycles. The lowest BCUT2D eigenvalue weighted by Gasteiger charge is -2.37. The quantitative estimate of drug-likeness (QED) is 0.405. The van der Waals surface area contributed by atoms with Crippen LogP contribution in [-0.4, -0.2) is 53.6 Å². The summed E-state index contributed by atoms with van der Waals surface area (Å²) >= 11 is 0. The molecule has 2 aromatic carbocycles. The standard InChI is InChI=1S/C29H29N3O7/c33-15-26-29-22(12-20(38-26)13-27(34)31-14-18-1-3-24-25(9-18)37-16-36-24)21-11-19(2-4-23(21)39-29)32-28(35)10-17-5-7-30-8-6-17/h1-9,11,20,22,26,29,33H,10,12-16H2,(H,31,34)(H,32,35)/t20-,22+,26+,29-/m1/s1. The van der Waals surface area contributed by atoms with E-state index in [0.717, 1.165) is 16.7 Å². The molecule has 1 fully saturated rings. The Bertz CT molecular complexity index is 1370. The van der Waals surface area contributed by atoms with Gasteiger partial charge in [0, 0.05) is 36.1 Å². The van der Waals surface area contributed by atoms with Crippen LogP contribution in [0.4, 0.5) is 5.69 Å². The number of nitrogens with one attached hydrogen (secondary N) is 2. The Labute approximate surface area is 225 Å². The predicted molar refractivity (Wildman–Crippen MR) is 140 cm³/mol. The molecule has 3 aromatic rings. The number of ether oxygens (including phenoxy) is 4. The molecule has 6 rings (SSSR count). The molecule has 0 aliphatic carbocycles. The number of pyridine rings is 1. The maximum Gasteiger partial charge on any atom is 0.231 e. The molecule has 1 saturated heterocycles. The summed E-state index contributed by atoms with van der Waals surface area (Å²) in [6.07, 6.45) is 2.96. The Balaban J connectivity index is 1.09. The first-order valence-corrected chi connectivity index (χ1v) is 13.0. The van der Waals surface area contributed by atoms with Crippen LogP contribution in [0.15, 0.2) is 60.9 Å². The summed E-state index contributed by atoms with van der Waals surface area (Å²) in [7, 11) is 0. The number of benzene rings is 2. The fourth-order valence-corrected chi connectivity index (χ4v) is 5.39. The van der Waals surface area contributed by atoms with E-state index in [1.165, 1.54) is 0 Å². The molecule has 0 bridgehead atoms. The molecule has 0 radical (unpaired) electrons. The van der Waals surface area contributed by atoms with Gasteiger partial charge in [0.05, 0.1) is 25.6 Å². The highest BCUT2D eigenvalue weighted by Crippen LogP contribution is 2.47. The van der Waals surface area contributed by atoms with E-state index in [2.05, 4.69) is 15.6 Å². The van der Waals surface area contributed by atoms with E-state index in [9.17, 15) is 14.7 Å². The van der Waals surface area contributed by atoms with Crippen LogP contribution in [0.25, 0.3) is 0 Å². The molecule has 2 amide bonds. The molecule has 4 heterocycles. The molecule has 202 valence electrons. The van der Waals surface area contributed by atoms with Crippen LogP contribution >= 0.6 is 0 Å². The zero-order valence-electron chi connectivity index (χ0n) is 21.2. The van der Waals surface area contributed by atoms with Gasteiger partial charge >= 0.3 is 0 Å². The van der Waals surface area contributed by atoms with Crippen molar-refractivity contribution in [2.45, 2.75) is 50.0 Å². The van der Waals surface area contributed by atoms with Crippen LogP contribution < -0.4 is 24.8 Å². The number of rotatable bonds is 8. The van der Waals surface area contributed by atoms with Gasteiger partial charge in [-0.2, -0.15) is 0 Å². The minimum Gasteiger partial charge on any atom is -0.487 e. The van der Waals surface area contributed by atoms with E-state index < -0.39 is 6.10 Å². The minimum absolute atomic E-state index is 0.0744. The first-order valence-electron chi connectivity index (χ1n) is 13.0. The number of hydrogen-bond donors (Lipinski definition) is 3. The van der Waals surface area contributed by atoms with E-state index in [4.69, 9.17) is 18.9 Å². The highest BCUT2D eigenvalue weighted by atomic mass is 16.7. The third-order valence-electron chi connectivity index (χ3n) is 7.24.